The predicted octanol–water partition coefficient (Wildman–Crippen LogP) is 4.18. The van der Waals surface area contributed by atoms with Gasteiger partial charge in [-0.15, -0.1) is 0 Å². The SMILES string of the molecule is Cc1ccc(C(=O)OCC(=O)N2CCC[C@H]3CCCC[C@@H]32)cc1NC(=O)c1ccco1. The van der Waals surface area contributed by atoms with Crippen molar-refractivity contribution >= 4 is 23.5 Å². The van der Waals surface area contributed by atoms with Crippen LogP contribution in [0.3, 0.4) is 0 Å². The Morgan fingerprint density at radius 2 is 1.94 bits per heavy atom. The third-order valence-electron chi connectivity index (χ3n) is 6.36. The standard InChI is InChI=1S/C24H28N2O5/c1-16-10-11-18(14-19(16)25-23(28)21-9-5-13-30-21)24(29)31-15-22(27)26-12-4-7-17-6-2-3-8-20(17)26/h5,9-11,13-14,17,20H,2-4,6-8,12,15H2,1H3,(H,25,28)/t17-,20+/m1/s1. The molecule has 0 bridgehead atoms. The van der Waals surface area contributed by atoms with Crippen molar-refractivity contribution in [3.8, 4) is 0 Å². The van der Waals surface area contributed by atoms with Gasteiger partial charge in [0.15, 0.2) is 12.4 Å². The van der Waals surface area contributed by atoms with Crippen LogP contribution >= 0.6 is 0 Å². The third-order valence-corrected chi connectivity index (χ3v) is 6.36. The minimum atomic E-state index is -0.584. The molecule has 31 heavy (non-hydrogen) atoms. The lowest BCUT2D eigenvalue weighted by Gasteiger charge is -2.44. The summed E-state index contributed by atoms with van der Waals surface area (Å²) in [7, 11) is 0. The number of nitrogens with one attached hydrogen (secondary N) is 1. The van der Waals surface area contributed by atoms with Gasteiger partial charge >= 0.3 is 5.97 Å². The molecule has 1 aromatic heterocycles. The van der Waals surface area contributed by atoms with E-state index in [1.54, 1.807) is 30.3 Å². The number of anilines is 1. The number of likely N-dealkylation sites (tertiary alicyclic amines) is 1. The number of hydrogen-bond acceptors (Lipinski definition) is 5. The first-order chi connectivity index (χ1) is 15.0. The largest absolute Gasteiger partial charge is 0.459 e. The van der Waals surface area contributed by atoms with E-state index in [0.717, 1.165) is 31.4 Å². The molecule has 2 aliphatic rings. The van der Waals surface area contributed by atoms with Crippen molar-refractivity contribution in [2.45, 2.75) is 51.5 Å². The molecule has 1 saturated heterocycles. The molecule has 0 spiro atoms. The number of benzene rings is 1. The first-order valence-corrected chi connectivity index (χ1v) is 10.9. The zero-order valence-corrected chi connectivity index (χ0v) is 17.8. The zero-order chi connectivity index (χ0) is 21.8. The lowest BCUT2D eigenvalue weighted by Crippen LogP contribution is -2.50. The van der Waals surface area contributed by atoms with Gasteiger partial charge in [-0.2, -0.15) is 0 Å². The lowest BCUT2D eigenvalue weighted by molar-refractivity contribution is -0.140. The second-order valence-corrected chi connectivity index (χ2v) is 8.38. The highest BCUT2D eigenvalue weighted by atomic mass is 16.5. The van der Waals surface area contributed by atoms with Crippen molar-refractivity contribution in [2.75, 3.05) is 18.5 Å². The van der Waals surface area contributed by atoms with Gasteiger partial charge in [0.25, 0.3) is 11.8 Å². The van der Waals surface area contributed by atoms with E-state index in [2.05, 4.69) is 5.32 Å². The van der Waals surface area contributed by atoms with E-state index in [1.165, 1.54) is 25.5 Å². The first kappa shape index (κ1) is 21.2. The quantitative estimate of drug-likeness (QED) is 0.728. The monoisotopic (exact) mass is 424 g/mol. The van der Waals surface area contributed by atoms with E-state index in [-0.39, 0.29) is 29.9 Å². The number of ether oxygens (including phenoxy) is 1. The molecule has 164 valence electrons. The molecule has 2 heterocycles. The van der Waals surface area contributed by atoms with Crippen molar-refractivity contribution in [3.05, 3.63) is 53.5 Å². The van der Waals surface area contributed by atoms with Crippen molar-refractivity contribution in [3.63, 3.8) is 0 Å². The van der Waals surface area contributed by atoms with Gasteiger partial charge < -0.3 is 19.4 Å². The van der Waals surface area contributed by atoms with Gasteiger partial charge in [-0.3, -0.25) is 9.59 Å². The fourth-order valence-electron chi connectivity index (χ4n) is 4.70. The Morgan fingerprint density at radius 1 is 1.13 bits per heavy atom. The van der Waals surface area contributed by atoms with Crippen molar-refractivity contribution in [1.29, 1.82) is 0 Å². The number of nitrogens with zero attached hydrogens (tertiary/aromatic N) is 1. The van der Waals surface area contributed by atoms with E-state index in [9.17, 15) is 14.4 Å². The number of piperidine rings is 1. The van der Waals surface area contributed by atoms with E-state index in [4.69, 9.17) is 9.15 Å². The molecule has 4 rings (SSSR count). The highest BCUT2D eigenvalue weighted by Gasteiger charge is 2.35. The maximum Gasteiger partial charge on any atom is 0.338 e. The smallest absolute Gasteiger partial charge is 0.338 e. The molecule has 0 unspecified atom stereocenters. The van der Waals surface area contributed by atoms with E-state index in [1.807, 2.05) is 11.8 Å². The molecular weight excluding hydrogens is 396 g/mol. The molecule has 2 atom stereocenters. The molecule has 7 heteroatoms. The highest BCUT2D eigenvalue weighted by molar-refractivity contribution is 6.03. The Bertz CT molecular complexity index is 951. The Hall–Kier alpha value is -3.09. The third kappa shape index (κ3) is 4.81. The average Bonchev–Trinajstić information content (AvgIpc) is 3.33. The Morgan fingerprint density at radius 3 is 2.74 bits per heavy atom. The summed E-state index contributed by atoms with van der Waals surface area (Å²) in [5, 5.41) is 2.74. The van der Waals surface area contributed by atoms with Gasteiger partial charge in [0.2, 0.25) is 0 Å². The number of carbonyl (C=O) groups is 3. The molecule has 1 N–H and O–H groups in total. The van der Waals surface area contributed by atoms with Gasteiger partial charge in [-0.05, 0) is 68.4 Å². The van der Waals surface area contributed by atoms with Crippen LogP contribution < -0.4 is 5.32 Å². The van der Waals surface area contributed by atoms with Crippen LogP contribution in [-0.2, 0) is 9.53 Å². The summed E-state index contributed by atoms with van der Waals surface area (Å²) in [4.78, 5) is 39.5. The topological polar surface area (TPSA) is 88.9 Å². The molecule has 0 radical (unpaired) electrons. The zero-order valence-electron chi connectivity index (χ0n) is 17.8. The summed E-state index contributed by atoms with van der Waals surface area (Å²) in [5.74, 6) is -0.344. The molecule has 1 aliphatic heterocycles. The van der Waals surface area contributed by atoms with Gasteiger partial charge in [-0.25, -0.2) is 4.79 Å². The molecule has 1 aliphatic carbocycles. The Balaban J connectivity index is 1.37. The summed E-state index contributed by atoms with van der Waals surface area (Å²) >= 11 is 0. The number of fused-ring (bicyclic) bond motifs is 1. The molecule has 1 aromatic carbocycles. The van der Waals surface area contributed by atoms with Crippen LogP contribution in [0.25, 0.3) is 0 Å². The maximum atomic E-state index is 12.8. The number of hydrogen-bond donors (Lipinski definition) is 1. The minimum absolute atomic E-state index is 0.122. The van der Waals surface area contributed by atoms with Crippen LogP contribution in [-0.4, -0.2) is 41.9 Å². The van der Waals surface area contributed by atoms with Crippen molar-refractivity contribution < 1.29 is 23.5 Å². The summed E-state index contributed by atoms with van der Waals surface area (Å²) in [6.07, 6.45) is 8.24. The molecule has 2 fully saturated rings. The van der Waals surface area contributed by atoms with E-state index in [0.29, 0.717) is 11.6 Å². The maximum absolute atomic E-state index is 12.8. The molecule has 2 amide bonds. The normalized spacial score (nSPS) is 20.6. The molecular formula is C24H28N2O5. The lowest BCUT2D eigenvalue weighted by atomic mass is 9.78. The van der Waals surface area contributed by atoms with Crippen molar-refractivity contribution in [1.82, 2.24) is 4.90 Å². The number of rotatable bonds is 5. The molecule has 1 saturated carbocycles. The van der Waals surface area contributed by atoms with Crippen LogP contribution in [0.2, 0.25) is 0 Å². The summed E-state index contributed by atoms with van der Waals surface area (Å²) in [6, 6.07) is 8.39. The summed E-state index contributed by atoms with van der Waals surface area (Å²) in [6.45, 7) is 2.31. The first-order valence-electron chi connectivity index (χ1n) is 10.9. The van der Waals surface area contributed by atoms with Gasteiger partial charge in [-0.1, -0.05) is 18.9 Å². The number of aryl methyl sites for hydroxylation is 1. The fraction of sp³-hybridized carbons (Fsp3) is 0.458. The summed E-state index contributed by atoms with van der Waals surface area (Å²) < 4.78 is 10.4. The van der Waals surface area contributed by atoms with Gasteiger partial charge in [0.05, 0.1) is 11.8 Å². The Labute approximate surface area is 181 Å². The van der Waals surface area contributed by atoms with Crippen LogP contribution in [0, 0.1) is 12.8 Å². The van der Waals surface area contributed by atoms with E-state index >= 15 is 0 Å². The van der Waals surface area contributed by atoms with Crippen molar-refractivity contribution in [2.24, 2.45) is 5.92 Å². The van der Waals surface area contributed by atoms with Gasteiger partial charge in [0.1, 0.15) is 0 Å². The number of esters is 1. The van der Waals surface area contributed by atoms with Gasteiger partial charge in [0, 0.05) is 18.3 Å². The minimum Gasteiger partial charge on any atom is -0.459 e. The molecule has 7 nitrogen and oxygen atoms in total. The predicted molar refractivity (Wildman–Crippen MR) is 115 cm³/mol. The molecule has 2 aromatic rings. The van der Waals surface area contributed by atoms with Crippen LogP contribution in [0.1, 0.15) is 65.0 Å². The fourth-order valence-corrected chi connectivity index (χ4v) is 4.70. The second-order valence-electron chi connectivity index (χ2n) is 8.38. The summed E-state index contributed by atoms with van der Waals surface area (Å²) in [5.41, 5.74) is 1.56. The van der Waals surface area contributed by atoms with E-state index < -0.39 is 11.9 Å². The highest BCUT2D eigenvalue weighted by Crippen LogP contribution is 2.35. The van der Waals surface area contributed by atoms with Crippen LogP contribution in [0.15, 0.2) is 41.0 Å². The number of carbonyl (C=O) groups excluding carboxylic acids is 3. The average molecular weight is 424 g/mol. The number of furan rings is 1. The van der Waals surface area contributed by atoms with Crippen LogP contribution in [0.5, 0.6) is 0 Å². The number of amides is 2. The Kier molecular flexibility index (Phi) is 6.39. The second kappa shape index (κ2) is 9.37. The van der Waals surface area contributed by atoms with Crippen LogP contribution in [0.4, 0.5) is 5.69 Å².